The van der Waals surface area contributed by atoms with Crippen molar-refractivity contribution in [3.63, 3.8) is 0 Å². The topological polar surface area (TPSA) is 63.2 Å². The Morgan fingerprint density at radius 1 is 0.800 bits per heavy atom. The molecule has 0 aromatic rings. The Morgan fingerprint density at radius 2 is 1.28 bits per heavy atom. The summed E-state index contributed by atoms with van der Waals surface area (Å²) >= 11 is 2.27. The summed E-state index contributed by atoms with van der Waals surface area (Å²) < 4.78 is 27.7. The van der Waals surface area contributed by atoms with Gasteiger partial charge in [-0.1, -0.05) is 49.3 Å². The molecule has 0 heterocycles. The maximum atomic E-state index is 11.9. The van der Waals surface area contributed by atoms with Gasteiger partial charge in [-0.15, -0.1) is 0 Å². The fraction of sp³-hybridized carbons (Fsp3) is 0.944. The highest BCUT2D eigenvalue weighted by Gasteiger charge is 2.16. The molecule has 0 saturated carbocycles. The van der Waals surface area contributed by atoms with E-state index in [9.17, 15) is 4.79 Å². The molecule has 0 aliphatic carbocycles. The zero-order valence-electron chi connectivity index (χ0n) is 15.8. The van der Waals surface area contributed by atoms with Crippen molar-refractivity contribution >= 4 is 28.6 Å². The van der Waals surface area contributed by atoms with Crippen LogP contribution in [0.1, 0.15) is 39.5 Å². The number of hydrogen-bond acceptors (Lipinski definition) is 6. The van der Waals surface area contributed by atoms with E-state index in [4.69, 9.17) is 23.7 Å². The van der Waals surface area contributed by atoms with Crippen LogP contribution in [0.15, 0.2) is 0 Å². The van der Waals surface area contributed by atoms with E-state index in [0.29, 0.717) is 52.9 Å². The zero-order chi connectivity index (χ0) is 18.6. The van der Waals surface area contributed by atoms with E-state index < -0.39 is 0 Å². The van der Waals surface area contributed by atoms with Crippen molar-refractivity contribution in [3.05, 3.63) is 0 Å². The van der Waals surface area contributed by atoms with E-state index in [1.165, 1.54) is 0 Å². The quantitative estimate of drug-likeness (QED) is 0.124. The number of esters is 1. The summed E-state index contributed by atoms with van der Waals surface area (Å²) in [5.41, 5.74) is 0. The number of alkyl halides is 1. The first-order valence-electron chi connectivity index (χ1n) is 9.29. The summed E-state index contributed by atoms with van der Waals surface area (Å²) in [6.45, 7) is 8.96. The minimum atomic E-state index is -0.101. The lowest BCUT2D eigenvalue weighted by Gasteiger charge is -2.13. The Morgan fingerprint density at radius 3 is 1.72 bits per heavy atom. The van der Waals surface area contributed by atoms with Crippen LogP contribution in [0, 0.1) is 5.92 Å². The maximum Gasteiger partial charge on any atom is 0.308 e. The molecule has 1 unspecified atom stereocenters. The van der Waals surface area contributed by atoms with E-state index in [0.717, 1.165) is 36.7 Å². The second-order valence-corrected chi connectivity index (χ2v) is 6.63. The second-order valence-electron chi connectivity index (χ2n) is 5.55. The predicted molar refractivity (Wildman–Crippen MR) is 106 cm³/mol. The van der Waals surface area contributed by atoms with E-state index in [1.54, 1.807) is 0 Å². The summed E-state index contributed by atoms with van der Waals surface area (Å²) in [6.07, 6.45) is 3.91. The van der Waals surface area contributed by atoms with Gasteiger partial charge in [-0.3, -0.25) is 4.79 Å². The largest absolute Gasteiger partial charge is 0.463 e. The molecule has 0 aromatic heterocycles. The lowest BCUT2D eigenvalue weighted by atomic mass is 10.00. The molecule has 0 aromatic carbocycles. The van der Waals surface area contributed by atoms with E-state index >= 15 is 0 Å². The fourth-order valence-corrected chi connectivity index (χ4v) is 2.39. The Labute approximate surface area is 166 Å². The summed E-state index contributed by atoms with van der Waals surface area (Å²) in [7, 11) is 0. The molecule has 7 heteroatoms. The molecule has 0 N–H and O–H groups in total. The van der Waals surface area contributed by atoms with Crippen LogP contribution < -0.4 is 0 Å². The zero-order valence-corrected chi connectivity index (χ0v) is 18.0. The number of hydrogen-bond donors (Lipinski definition) is 0. The highest BCUT2D eigenvalue weighted by atomic mass is 127. The van der Waals surface area contributed by atoms with E-state index in [1.807, 2.05) is 6.92 Å². The van der Waals surface area contributed by atoms with Gasteiger partial charge in [0.2, 0.25) is 0 Å². The molecule has 1 atom stereocenters. The van der Waals surface area contributed by atoms with Crippen molar-refractivity contribution < 1.29 is 28.5 Å². The third-order valence-electron chi connectivity index (χ3n) is 3.54. The molecule has 0 rings (SSSR count). The Hall–Kier alpha value is 0.0400. The standard InChI is InChI=1S/C18H35IO6/c1-3-5-6-17(4-2)18(20)25-16-15-24-14-13-23-12-11-22-10-9-21-8-7-19/h17H,3-16H2,1-2H3. The highest BCUT2D eigenvalue weighted by molar-refractivity contribution is 14.1. The average molecular weight is 474 g/mol. The van der Waals surface area contributed by atoms with Gasteiger partial charge in [0, 0.05) is 4.43 Å². The third kappa shape index (κ3) is 17.2. The Balaban J connectivity index is 3.29. The summed E-state index contributed by atoms with van der Waals surface area (Å²) in [5.74, 6) is -0.0781. The first-order chi connectivity index (χ1) is 12.3. The molecule has 0 amide bonds. The number of ether oxygens (including phenoxy) is 5. The van der Waals surface area contributed by atoms with Gasteiger partial charge in [0.1, 0.15) is 6.61 Å². The van der Waals surface area contributed by atoms with Crippen LogP contribution in [-0.4, -0.2) is 69.9 Å². The molecule has 0 radical (unpaired) electrons. The molecule has 0 fully saturated rings. The Kier molecular flexibility index (Phi) is 20.4. The van der Waals surface area contributed by atoms with Gasteiger partial charge in [0.15, 0.2) is 0 Å². The van der Waals surface area contributed by atoms with Gasteiger partial charge in [-0.25, -0.2) is 0 Å². The number of unbranched alkanes of at least 4 members (excludes halogenated alkanes) is 1. The van der Waals surface area contributed by atoms with Crippen molar-refractivity contribution in [1.82, 2.24) is 0 Å². The molecule has 150 valence electrons. The first kappa shape index (κ1) is 25.0. The van der Waals surface area contributed by atoms with Gasteiger partial charge in [-0.05, 0) is 12.8 Å². The SMILES string of the molecule is CCCCC(CC)C(=O)OCCOCCOCCOCCOCCI. The minimum absolute atomic E-state index is 0.0234. The normalized spacial score (nSPS) is 12.3. The smallest absolute Gasteiger partial charge is 0.308 e. The highest BCUT2D eigenvalue weighted by Crippen LogP contribution is 2.14. The molecule has 0 aliphatic heterocycles. The molecular weight excluding hydrogens is 439 g/mol. The van der Waals surface area contributed by atoms with Crippen LogP contribution >= 0.6 is 22.6 Å². The number of carbonyl (C=O) groups is 1. The number of rotatable bonds is 19. The van der Waals surface area contributed by atoms with Gasteiger partial charge in [0.25, 0.3) is 0 Å². The molecular formula is C18H35IO6. The van der Waals surface area contributed by atoms with E-state index in [-0.39, 0.29) is 11.9 Å². The monoisotopic (exact) mass is 474 g/mol. The number of halogens is 1. The fourth-order valence-electron chi connectivity index (χ4n) is 2.07. The number of carbonyl (C=O) groups excluding carboxylic acids is 1. The van der Waals surface area contributed by atoms with Crippen LogP contribution in [0.2, 0.25) is 0 Å². The van der Waals surface area contributed by atoms with Crippen LogP contribution in [0.3, 0.4) is 0 Å². The van der Waals surface area contributed by atoms with Crippen LogP contribution in [0.4, 0.5) is 0 Å². The molecule has 25 heavy (non-hydrogen) atoms. The Bertz CT molecular complexity index is 291. The van der Waals surface area contributed by atoms with Crippen molar-refractivity contribution in [2.24, 2.45) is 5.92 Å². The van der Waals surface area contributed by atoms with Gasteiger partial charge in [0.05, 0.1) is 58.8 Å². The van der Waals surface area contributed by atoms with Gasteiger partial charge in [-0.2, -0.15) is 0 Å². The molecule has 6 nitrogen and oxygen atoms in total. The molecule has 0 saturated heterocycles. The first-order valence-corrected chi connectivity index (χ1v) is 10.8. The third-order valence-corrected chi connectivity index (χ3v) is 3.98. The molecule has 0 aliphatic rings. The lowest BCUT2D eigenvalue weighted by molar-refractivity contribution is -0.150. The minimum Gasteiger partial charge on any atom is -0.463 e. The van der Waals surface area contributed by atoms with Gasteiger partial charge >= 0.3 is 5.97 Å². The summed E-state index contributed by atoms with van der Waals surface area (Å²) in [6, 6.07) is 0. The van der Waals surface area contributed by atoms with Crippen LogP contribution in [0.5, 0.6) is 0 Å². The average Bonchev–Trinajstić information content (AvgIpc) is 2.62. The van der Waals surface area contributed by atoms with Crippen molar-refractivity contribution in [1.29, 1.82) is 0 Å². The maximum absolute atomic E-state index is 11.9. The summed E-state index contributed by atoms with van der Waals surface area (Å²) in [4.78, 5) is 11.9. The van der Waals surface area contributed by atoms with Crippen molar-refractivity contribution in [2.75, 3.05) is 63.9 Å². The van der Waals surface area contributed by atoms with Crippen molar-refractivity contribution in [2.45, 2.75) is 39.5 Å². The van der Waals surface area contributed by atoms with Crippen molar-refractivity contribution in [3.8, 4) is 0 Å². The van der Waals surface area contributed by atoms with E-state index in [2.05, 4.69) is 29.5 Å². The molecule has 0 spiro atoms. The van der Waals surface area contributed by atoms with Crippen LogP contribution in [0.25, 0.3) is 0 Å². The summed E-state index contributed by atoms with van der Waals surface area (Å²) in [5, 5.41) is 0. The van der Waals surface area contributed by atoms with Crippen LogP contribution in [-0.2, 0) is 28.5 Å². The molecule has 0 bridgehead atoms. The lowest BCUT2D eigenvalue weighted by Crippen LogP contribution is -2.20. The van der Waals surface area contributed by atoms with Gasteiger partial charge < -0.3 is 23.7 Å². The predicted octanol–water partition coefficient (Wildman–Crippen LogP) is 3.25. The second kappa shape index (κ2) is 20.4.